The quantitative estimate of drug-likeness (QED) is 0.520. The fourth-order valence-corrected chi connectivity index (χ4v) is 2.91. The van der Waals surface area contributed by atoms with Crippen LogP contribution < -0.4 is 25.1 Å². The Hall–Kier alpha value is -2.87. The molecule has 0 bridgehead atoms. The number of benzene rings is 2. The zero-order valence-electron chi connectivity index (χ0n) is 16.3. The zero-order valence-corrected chi connectivity index (χ0v) is 17.1. The van der Waals surface area contributed by atoms with E-state index in [2.05, 4.69) is 10.9 Å². The number of hydrogen-bond donors (Lipinski definition) is 2. The molecule has 0 saturated carbocycles. The van der Waals surface area contributed by atoms with Crippen molar-refractivity contribution in [2.24, 2.45) is 0 Å². The van der Waals surface area contributed by atoms with E-state index in [4.69, 9.17) is 14.2 Å². The summed E-state index contributed by atoms with van der Waals surface area (Å²) in [5, 5.41) is 0. The van der Waals surface area contributed by atoms with Crippen molar-refractivity contribution >= 4 is 23.6 Å². The number of thioether (sulfide) groups is 1. The molecule has 7 nitrogen and oxygen atoms in total. The van der Waals surface area contributed by atoms with Crippen LogP contribution in [-0.4, -0.2) is 37.9 Å². The van der Waals surface area contributed by atoms with E-state index in [-0.39, 0.29) is 17.8 Å². The van der Waals surface area contributed by atoms with Crippen LogP contribution >= 0.6 is 11.8 Å². The molecule has 2 rings (SSSR count). The summed E-state index contributed by atoms with van der Waals surface area (Å²) in [6, 6.07) is 12.2. The summed E-state index contributed by atoms with van der Waals surface area (Å²) in [5.41, 5.74) is 5.14. The molecule has 0 atom stereocenters. The first-order chi connectivity index (χ1) is 13.4. The number of hydrogen-bond acceptors (Lipinski definition) is 6. The molecule has 0 aliphatic rings. The summed E-state index contributed by atoms with van der Waals surface area (Å²) in [5.74, 6) is 1.15. The second-order valence-corrected chi connectivity index (χ2v) is 7.05. The van der Waals surface area contributed by atoms with Gasteiger partial charge in [-0.05, 0) is 56.3 Å². The van der Waals surface area contributed by atoms with Gasteiger partial charge in [-0.3, -0.25) is 20.4 Å². The predicted octanol–water partition coefficient (Wildman–Crippen LogP) is 3.04. The number of ether oxygens (including phenoxy) is 3. The molecular formula is C20H24N2O5S. The van der Waals surface area contributed by atoms with Crippen LogP contribution in [0.2, 0.25) is 0 Å². The smallest absolute Gasteiger partial charge is 0.269 e. The van der Waals surface area contributed by atoms with Crippen molar-refractivity contribution in [1.29, 1.82) is 0 Å². The predicted molar refractivity (Wildman–Crippen MR) is 108 cm³/mol. The number of amides is 2. The van der Waals surface area contributed by atoms with Crippen molar-refractivity contribution < 1.29 is 23.8 Å². The molecule has 0 aliphatic heterocycles. The summed E-state index contributed by atoms with van der Waals surface area (Å²) in [6.07, 6.45) is -0.0175. The maximum atomic E-state index is 12.3. The van der Waals surface area contributed by atoms with Crippen molar-refractivity contribution in [3.63, 3.8) is 0 Å². The highest BCUT2D eigenvalue weighted by Gasteiger charge is 2.13. The van der Waals surface area contributed by atoms with Gasteiger partial charge in [-0.25, -0.2) is 0 Å². The van der Waals surface area contributed by atoms with Crippen LogP contribution in [0.3, 0.4) is 0 Å². The number of hydrazine groups is 1. The maximum Gasteiger partial charge on any atom is 0.269 e. The molecule has 2 amide bonds. The average Bonchev–Trinajstić information content (AvgIpc) is 2.70. The van der Waals surface area contributed by atoms with E-state index in [0.717, 1.165) is 10.6 Å². The largest absolute Gasteiger partial charge is 0.497 e. The van der Waals surface area contributed by atoms with Crippen LogP contribution in [0.25, 0.3) is 0 Å². The molecule has 2 aromatic carbocycles. The Balaban J connectivity index is 1.85. The van der Waals surface area contributed by atoms with Crippen molar-refractivity contribution in [3.8, 4) is 17.2 Å². The molecule has 2 N–H and O–H groups in total. The van der Waals surface area contributed by atoms with Crippen molar-refractivity contribution in [2.75, 3.05) is 20.0 Å². The number of nitrogens with one attached hydrogen (secondary N) is 2. The lowest BCUT2D eigenvalue weighted by molar-refractivity contribution is -0.119. The van der Waals surface area contributed by atoms with Crippen LogP contribution in [0.4, 0.5) is 0 Å². The first kappa shape index (κ1) is 21.4. The highest BCUT2D eigenvalue weighted by atomic mass is 32.2. The summed E-state index contributed by atoms with van der Waals surface area (Å²) in [7, 11) is 3.10. The summed E-state index contributed by atoms with van der Waals surface area (Å²) >= 11 is 1.35. The maximum absolute atomic E-state index is 12.3. The second-order valence-electron chi connectivity index (χ2n) is 6.00. The van der Waals surface area contributed by atoms with E-state index < -0.39 is 5.91 Å². The number of methoxy groups -OCH3 is 2. The molecule has 0 heterocycles. The SMILES string of the molecule is COc1ccc(SCC(=O)NNC(=O)c2ccc(OC(C)C)c(OC)c2)cc1. The lowest BCUT2D eigenvalue weighted by Crippen LogP contribution is -2.42. The average molecular weight is 404 g/mol. The van der Waals surface area contributed by atoms with Gasteiger partial charge < -0.3 is 14.2 Å². The molecule has 2 aromatic rings. The lowest BCUT2D eigenvalue weighted by Gasteiger charge is -2.14. The van der Waals surface area contributed by atoms with Gasteiger partial charge in [0.25, 0.3) is 5.91 Å². The topological polar surface area (TPSA) is 85.9 Å². The van der Waals surface area contributed by atoms with Gasteiger partial charge in [-0.1, -0.05) is 0 Å². The highest BCUT2D eigenvalue weighted by Crippen LogP contribution is 2.29. The lowest BCUT2D eigenvalue weighted by atomic mass is 10.2. The Morgan fingerprint density at radius 1 is 0.964 bits per heavy atom. The fraction of sp³-hybridized carbons (Fsp3) is 0.300. The van der Waals surface area contributed by atoms with Crippen LogP contribution in [0.1, 0.15) is 24.2 Å². The van der Waals surface area contributed by atoms with Crippen LogP contribution in [0.15, 0.2) is 47.4 Å². The first-order valence-corrected chi connectivity index (χ1v) is 9.62. The van der Waals surface area contributed by atoms with Crippen LogP contribution in [-0.2, 0) is 4.79 Å². The second kappa shape index (κ2) is 10.5. The van der Waals surface area contributed by atoms with E-state index in [0.29, 0.717) is 17.1 Å². The van der Waals surface area contributed by atoms with Gasteiger partial charge in [-0.15, -0.1) is 11.8 Å². The summed E-state index contributed by atoms with van der Waals surface area (Å²) < 4.78 is 16.0. The molecule has 0 unspecified atom stereocenters. The van der Waals surface area contributed by atoms with Gasteiger partial charge in [0.15, 0.2) is 11.5 Å². The van der Waals surface area contributed by atoms with Gasteiger partial charge in [0.2, 0.25) is 5.91 Å². The number of carbonyl (C=O) groups excluding carboxylic acids is 2. The van der Waals surface area contributed by atoms with Crippen molar-refractivity contribution in [3.05, 3.63) is 48.0 Å². The zero-order chi connectivity index (χ0) is 20.5. The number of rotatable bonds is 8. The van der Waals surface area contributed by atoms with E-state index in [1.807, 2.05) is 38.1 Å². The normalized spacial score (nSPS) is 10.3. The Bertz CT molecular complexity index is 809. The minimum absolute atomic E-state index is 0.0175. The summed E-state index contributed by atoms with van der Waals surface area (Å²) in [4.78, 5) is 25.1. The molecule has 150 valence electrons. The Kier molecular flexibility index (Phi) is 8.01. The van der Waals surface area contributed by atoms with Crippen molar-refractivity contribution in [2.45, 2.75) is 24.8 Å². The van der Waals surface area contributed by atoms with E-state index in [1.54, 1.807) is 25.3 Å². The minimum atomic E-state index is -0.447. The van der Waals surface area contributed by atoms with Gasteiger partial charge in [0.05, 0.1) is 26.1 Å². The molecule has 0 spiro atoms. The van der Waals surface area contributed by atoms with E-state index in [9.17, 15) is 9.59 Å². The van der Waals surface area contributed by atoms with Crippen LogP contribution in [0, 0.1) is 0 Å². The molecule has 0 fully saturated rings. The third-order valence-electron chi connectivity index (χ3n) is 3.53. The monoisotopic (exact) mass is 404 g/mol. The van der Waals surface area contributed by atoms with Gasteiger partial charge in [0.1, 0.15) is 5.75 Å². The Morgan fingerprint density at radius 2 is 1.68 bits per heavy atom. The fourth-order valence-electron chi connectivity index (χ4n) is 2.22. The first-order valence-electron chi connectivity index (χ1n) is 8.63. The van der Waals surface area contributed by atoms with Gasteiger partial charge in [-0.2, -0.15) is 0 Å². The third kappa shape index (κ3) is 6.38. The van der Waals surface area contributed by atoms with Crippen molar-refractivity contribution in [1.82, 2.24) is 10.9 Å². The Labute approximate surface area is 168 Å². The number of carbonyl (C=O) groups is 2. The molecular weight excluding hydrogens is 380 g/mol. The van der Waals surface area contributed by atoms with E-state index >= 15 is 0 Å². The molecule has 0 radical (unpaired) electrons. The van der Waals surface area contributed by atoms with Crippen LogP contribution in [0.5, 0.6) is 17.2 Å². The molecule has 0 aromatic heterocycles. The third-order valence-corrected chi connectivity index (χ3v) is 4.55. The highest BCUT2D eigenvalue weighted by molar-refractivity contribution is 8.00. The summed E-state index contributed by atoms with van der Waals surface area (Å²) in [6.45, 7) is 3.80. The standard InChI is InChI=1S/C20H24N2O5S/c1-13(2)27-17-10-5-14(11-18(17)26-4)20(24)22-21-19(23)12-28-16-8-6-15(25-3)7-9-16/h5-11,13H,12H2,1-4H3,(H,21,23)(H,22,24). The minimum Gasteiger partial charge on any atom is -0.497 e. The molecule has 28 heavy (non-hydrogen) atoms. The molecule has 8 heteroatoms. The van der Waals surface area contributed by atoms with Gasteiger partial charge >= 0.3 is 0 Å². The Morgan fingerprint density at radius 3 is 2.29 bits per heavy atom. The molecule has 0 aliphatic carbocycles. The van der Waals surface area contributed by atoms with E-state index in [1.165, 1.54) is 18.9 Å². The van der Waals surface area contributed by atoms with Gasteiger partial charge in [0, 0.05) is 10.5 Å². The molecule has 0 saturated heterocycles.